The predicted molar refractivity (Wildman–Crippen MR) is 81.8 cm³/mol. The highest BCUT2D eigenvalue weighted by Crippen LogP contribution is 2.23. The Kier molecular flexibility index (Phi) is 4.37. The average Bonchev–Trinajstić information content (AvgIpc) is 2.40. The van der Waals surface area contributed by atoms with Crippen molar-refractivity contribution in [3.05, 3.63) is 63.4 Å². The molecule has 2 amide bonds. The van der Waals surface area contributed by atoms with Crippen LogP contribution in [0.5, 0.6) is 0 Å². The number of amides is 2. The zero-order valence-electron chi connectivity index (χ0n) is 11.1. The van der Waals surface area contributed by atoms with Gasteiger partial charge in [0.25, 0.3) is 5.91 Å². The summed E-state index contributed by atoms with van der Waals surface area (Å²) in [6.45, 7) is 1.66. The van der Waals surface area contributed by atoms with E-state index in [0.29, 0.717) is 21.3 Å². The third-order valence-corrected chi connectivity index (χ3v) is 3.70. The molecule has 0 radical (unpaired) electrons. The third-order valence-electron chi connectivity index (χ3n) is 3.04. The molecule has 0 aromatic heterocycles. The van der Waals surface area contributed by atoms with Crippen molar-refractivity contribution in [1.82, 2.24) is 0 Å². The summed E-state index contributed by atoms with van der Waals surface area (Å²) >= 11 is 3.14. The van der Waals surface area contributed by atoms with E-state index in [0.717, 1.165) is 0 Å². The number of nitrogens with two attached hydrogens (primary N) is 1. The van der Waals surface area contributed by atoms with E-state index in [1.54, 1.807) is 31.2 Å². The molecule has 0 bridgehead atoms. The monoisotopic (exact) mass is 350 g/mol. The van der Waals surface area contributed by atoms with E-state index in [4.69, 9.17) is 5.73 Å². The second-order valence-electron chi connectivity index (χ2n) is 4.39. The number of halogens is 2. The minimum Gasteiger partial charge on any atom is -0.366 e. The number of primary amides is 1. The van der Waals surface area contributed by atoms with Gasteiger partial charge >= 0.3 is 0 Å². The molecule has 0 aliphatic rings. The van der Waals surface area contributed by atoms with Gasteiger partial charge in [0, 0.05) is 15.7 Å². The summed E-state index contributed by atoms with van der Waals surface area (Å²) in [6.07, 6.45) is 0. The van der Waals surface area contributed by atoms with Gasteiger partial charge in [0.1, 0.15) is 5.82 Å². The molecule has 0 heterocycles. The molecule has 0 atom stereocenters. The lowest BCUT2D eigenvalue weighted by molar-refractivity contribution is 0.0994. The number of hydrogen-bond acceptors (Lipinski definition) is 2. The molecular weight excluding hydrogens is 339 g/mol. The summed E-state index contributed by atoms with van der Waals surface area (Å²) in [4.78, 5) is 23.5. The van der Waals surface area contributed by atoms with Crippen LogP contribution in [0.4, 0.5) is 10.1 Å². The van der Waals surface area contributed by atoms with Gasteiger partial charge in [-0.3, -0.25) is 9.59 Å². The molecule has 0 aliphatic heterocycles. The highest BCUT2D eigenvalue weighted by Gasteiger charge is 2.17. The fourth-order valence-electron chi connectivity index (χ4n) is 1.94. The molecule has 4 nitrogen and oxygen atoms in total. The Labute approximate surface area is 129 Å². The normalized spacial score (nSPS) is 10.2. The minimum absolute atomic E-state index is 0.0959. The van der Waals surface area contributed by atoms with Crippen molar-refractivity contribution in [1.29, 1.82) is 0 Å². The van der Waals surface area contributed by atoms with E-state index < -0.39 is 17.6 Å². The largest absolute Gasteiger partial charge is 0.366 e. The third kappa shape index (κ3) is 3.11. The van der Waals surface area contributed by atoms with E-state index in [9.17, 15) is 14.0 Å². The number of benzene rings is 2. The van der Waals surface area contributed by atoms with Crippen LogP contribution in [0.25, 0.3) is 0 Å². The fraction of sp³-hybridized carbons (Fsp3) is 0.0667. The van der Waals surface area contributed by atoms with Crippen LogP contribution in [-0.2, 0) is 0 Å². The second kappa shape index (κ2) is 6.05. The van der Waals surface area contributed by atoms with E-state index in [2.05, 4.69) is 21.2 Å². The molecule has 0 spiro atoms. The summed E-state index contributed by atoms with van der Waals surface area (Å²) in [5.41, 5.74) is 6.41. The molecule has 2 aromatic rings. The topological polar surface area (TPSA) is 72.2 Å². The highest BCUT2D eigenvalue weighted by atomic mass is 79.9. The molecule has 0 saturated carbocycles. The molecule has 0 saturated heterocycles. The average molecular weight is 351 g/mol. The maximum atomic E-state index is 13.7. The first-order valence-corrected chi connectivity index (χ1v) is 6.86. The molecule has 0 aliphatic carbocycles. The summed E-state index contributed by atoms with van der Waals surface area (Å²) < 4.78 is 14.1. The van der Waals surface area contributed by atoms with E-state index in [-0.39, 0.29) is 5.56 Å². The molecule has 2 aromatic carbocycles. The first-order valence-electron chi connectivity index (χ1n) is 6.06. The van der Waals surface area contributed by atoms with Crippen LogP contribution in [0.1, 0.15) is 26.3 Å². The first-order chi connectivity index (χ1) is 9.91. The Balaban J connectivity index is 2.37. The number of nitrogens with one attached hydrogen (secondary N) is 1. The van der Waals surface area contributed by atoms with Crippen molar-refractivity contribution >= 4 is 33.4 Å². The Morgan fingerprint density at radius 3 is 2.48 bits per heavy atom. The van der Waals surface area contributed by atoms with Crippen LogP contribution < -0.4 is 11.1 Å². The smallest absolute Gasteiger partial charge is 0.259 e. The van der Waals surface area contributed by atoms with Crippen molar-refractivity contribution in [2.75, 3.05) is 5.32 Å². The predicted octanol–water partition coefficient (Wildman–Crippen LogP) is 3.25. The van der Waals surface area contributed by atoms with Gasteiger partial charge in [-0.1, -0.05) is 12.1 Å². The van der Waals surface area contributed by atoms with Crippen LogP contribution in [0.2, 0.25) is 0 Å². The van der Waals surface area contributed by atoms with Gasteiger partial charge < -0.3 is 11.1 Å². The standard InChI is InChI=1S/C15H12BrFN2O2/c1-8-9(14(18)20)4-2-7-12(8)19-15(21)13-10(16)5-3-6-11(13)17/h2-7H,1H3,(H2,18,20)(H,19,21). The molecular formula is C15H12BrFN2O2. The molecule has 6 heteroatoms. The lowest BCUT2D eigenvalue weighted by atomic mass is 10.1. The lowest BCUT2D eigenvalue weighted by Gasteiger charge is -2.12. The van der Waals surface area contributed by atoms with Crippen molar-refractivity contribution in [3.63, 3.8) is 0 Å². The number of hydrogen-bond donors (Lipinski definition) is 2. The van der Waals surface area contributed by atoms with Gasteiger partial charge in [0.2, 0.25) is 5.91 Å². The zero-order chi connectivity index (χ0) is 15.6. The molecule has 3 N–H and O–H groups in total. The van der Waals surface area contributed by atoms with Gasteiger partial charge in [0.15, 0.2) is 0 Å². The highest BCUT2D eigenvalue weighted by molar-refractivity contribution is 9.10. The Morgan fingerprint density at radius 2 is 1.86 bits per heavy atom. The van der Waals surface area contributed by atoms with Crippen LogP contribution in [0, 0.1) is 12.7 Å². The maximum Gasteiger partial charge on any atom is 0.259 e. The zero-order valence-corrected chi connectivity index (χ0v) is 12.7. The molecule has 21 heavy (non-hydrogen) atoms. The number of carbonyl (C=O) groups is 2. The van der Waals surface area contributed by atoms with Crippen molar-refractivity contribution in [3.8, 4) is 0 Å². The van der Waals surface area contributed by atoms with Crippen LogP contribution in [-0.4, -0.2) is 11.8 Å². The maximum absolute atomic E-state index is 13.7. The van der Waals surface area contributed by atoms with Crippen LogP contribution in [0.15, 0.2) is 40.9 Å². The SMILES string of the molecule is Cc1c(NC(=O)c2c(F)cccc2Br)cccc1C(N)=O. The van der Waals surface area contributed by atoms with Crippen molar-refractivity contribution in [2.45, 2.75) is 6.92 Å². The fourth-order valence-corrected chi connectivity index (χ4v) is 2.46. The number of rotatable bonds is 3. The number of anilines is 1. The van der Waals surface area contributed by atoms with E-state index in [1.807, 2.05) is 0 Å². The molecule has 0 unspecified atom stereocenters. The van der Waals surface area contributed by atoms with Gasteiger partial charge in [-0.2, -0.15) is 0 Å². The molecule has 2 rings (SSSR count). The summed E-state index contributed by atoms with van der Waals surface area (Å²) in [6, 6.07) is 9.05. The minimum atomic E-state index is -0.634. The van der Waals surface area contributed by atoms with Crippen molar-refractivity contribution in [2.24, 2.45) is 5.73 Å². The van der Waals surface area contributed by atoms with Gasteiger partial charge in [-0.15, -0.1) is 0 Å². The van der Waals surface area contributed by atoms with Crippen LogP contribution >= 0.6 is 15.9 Å². The van der Waals surface area contributed by atoms with E-state index >= 15 is 0 Å². The summed E-state index contributed by atoms with van der Waals surface area (Å²) in [5, 5.41) is 2.59. The summed E-state index contributed by atoms with van der Waals surface area (Å²) in [5.74, 6) is -1.83. The summed E-state index contributed by atoms with van der Waals surface area (Å²) in [7, 11) is 0. The molecule has 0 fully saturated rings. The lowest BCUT2D eigenvalue weighted by Crippen LogP contribution is -2.18. The van der Waals surface area contributed by atoms with Gasteiger partial charge in [-0.25, -0.2) is 4.39 Å². The van der Waals surface area contributed by atoms with E-state index in [1.165, 1.54) is 12.1 Å². The van der Waals surface area contributed by atoms with Crippen molar-refractivity contribution < 1.29 is 14.0 Å². The Hall–Kier alpha value is -2.21. The number of carbonyl (C=O) groups excluding carboxylic acids is 2. The molecule has 108 valence electrons. The second-order valence-corrected chi connectivity index (χ2v) is 5.25. The Bertz CT molecular complexity index is 711. The quantitative estimate of drug-likeness (QED) is 0.891. The first kappa shape index (κ1) is 15.2. The Morgan fingerprint density at radius 1 is 1.19 bits per heavy atom. The van der Waals surface area contributed by atoms with Crippen LogP contribution in [0.3, 0.4) is 0 Å². The van der Waals surface area contributed by atoms with Gasteiger partial charge in [0.05, 0.1) is 5.56 Å². The van der Waals surface area contributed by atoms with Gasteiger partial charge in [-0.05, 0) is 52.7 Å².